The predicted molar refractivity (Wildman–Crippen MR) is 54.7 cm³/mol. The van der Waals surface area contributed by atoms with Crippen LogP contribution >= 0.6 is 11.6 Å². The molecule has 1 aliphatic carbocycles. The lowest BCUT2D eigenvalue weighted by molar-refractivity contribution is -0.163. The average Bonchev–Trinajstić information content (AvgIpc) is 2.98. The molecule has 0 saturated heterocycles. The first kappa shape index (κ1) is 12.2. The highest BCUT2D eigenvalue weighted by molar-refractivity contribution is 6.32. The third-order valence-corrected chi connectivity index (χ3v) is 2.95. The van der Waals surface area contributed by atoms with E-state index in [1.54, 1.807) is 0 Å². The first-order valence-electron chi connectivity index (χ1n) is 4.85. The fourth-order valence-corrected chi connectivity index (χ4v) is 1.65. The van der Waals surface area contributed by atoms with Crippen LogP contribution in [-0.2, 0) is 0 Å². The molecule has 1 N–H and O–H groups in total. The van der Waals surface area contributed by atoms with E-state index >= 15 is 0 Å². The molecule has 3 nitrogen and oxygen atoms in total. The fraction of sp³-hybridized carbons (Fsp3) is 0.400. The van der Waals surface area contributed by atoms with Crippen molar-refractivity contribution in [2.24, 2.45) is 0 Å². The Balaban J connectivity index is 2.16. The minimum atomic E-state index is -4.43. The van der Waals surface area contributed by atoms with Gasteiger partial charge in [0.1, 0.15) is 10.7 Å². The molecule has 1 fully saturated rings. The molecule has 0 atom stereocenters. The summed E-state index contributed by atoms with van der Waals surface area (Å²) >= 11 is 5.63. The smallest absolute Gasteiger partial charge is 0.338 e. The highest BCUT2D eigenvalue weighted by Crippen LogP contribution is 2.49. The van der Waals surface area contributed by atoms with Crippen LogP contribution in [0.2, 0.25) is 5.15 Å². The van der Waals surface area contributed by atoms with E-state index in [2.05, 4.69) is 4.98 Å². The van der Waals surface area contributed by atoms with Gasteiger partial charge in [-0.3, -0.25) is 4.79 Å². The molecule has 0 bridgehead atoms. The zero-order valence-corrected chi connectivity index (χ0v) is 9.27. The van der Waals surface area contributed by atoms with Crippen LogP contribution in [0.15, 0.2) is 18.3 Å². The third-order valence-electron chi connectivity index (χ3n) is 2.65. The summed E-state index contributed by atoms with van der Waals surface area (Å²) in [6, 6.07) is 2.77. The van der Waals surface area contributed by atoms with Gasteiger partial charge in [0.25, 0.3) is 5.91 Å². The number of hydrogen-bond acceptors (Lipinski definition) is 2. The molecule has 0 aliphatic heterocycles. The summed E-state index contributed by atoms with van der Waals surface area (Å²) in [5.41, 5.74) is -2.13. The normalized spacial score (nSPS) is 17.6. The van der Waals surface area contributed by atoms with Crippen molar-refractivity contribution >= 4 is 17.5 Å². The zero-order valence-electron chi connectivity index (χ0n) is 8.51. The zero-order chi connectivity index (χ0) is 12.7. The van der Waals surface area contributed by atoms with Crippen molar-refractivity contribution in [2.75, 3.05) is 0 Å². The van der Waals surface area contributed by atoms with Crippen molar-refractivity contribution in [1.29, 1.82) is 0 Å². The van der Waals surface area contributed by atoms with Crippen molar-refractivity contribution in [3.05, 3.63) is 29.0 Å². The molecule has 1 aliphatic rings. The summed E-state index contributed by atoms with van der Waals surface area (Å²) in [4.78, 5) is 15.3. The van der Waals surface area contributed by atoms with Crippen LogP contribution in [0, 0.1) is 0 Å². The molecular formula is C10H8ClF3N2O. The number of carbonyl (C=O) groups excluding carboxylic acids is 1. The summed E-state index contributed by atoms with van der Waals surface area (Å²) in [7, 11) is 0. The molecule has 1 aromatic heterocycles. The highest BCUT2D eigenvalue weighted by Gasteiger charge is 2.64. The topological polar surface area (TPSA) is 42.0 Å². The summed E-state index contributed by atoms with van der Waals surface area (Å²) in [6.45, 7) is 0. The molecule has 0 unspecified atom stereocenters. The number of halogens is 4. The summed E-state index contributed by atoms with van der Waals surface area (Å²) < 4.78 is 37.8. The van der Waals surface area contributed by atoms with Crippen LogP contribution in [0.3, 0.4) is 0 Å². The van der Waals surface area contributed by atoms with E-state index in [9.17, 15) is 18.0 Å². The lowest BCUT2D eigenvalue weighted by atomic mass is 10.2. The summed E-state index contributed by atoms with van der Waals surface area (Å²) in [5.74, 6) is -0.849. The van der Waals surface area contributed by atoms with Gasteiger partial charge < -0.3 is 5.32 Å². The van der Waals surface area contributed by atoms with E-state index in [-0.39, 0.29) is 23.6 Å². The van der Waals surface area contributed by atoms with Crippen molar-refractivity contribution in [1.82, 2.24) is 10.3 Å². The van der Waals surface area contributed by atoms with E-state index in [0.717, 1.165) is 0 Å². The van der Waals surface area contributed by atoms with E-state index in [0.29, 0.717) is 0 Å². The Morgan fingerprint density at radius 1 is 1.47 bits per heavy atom. The van der Waals surface area contributed by atoms with Gasteiger partial charge in [0.05, 0.1) is 5.56 Å². The van der Waals surface area contributed by atoms with Gasteiger partial charge in [0.2, 0.25) is 0 Å². The largest absolute Gasteiger partial charge is 0.411 e. The second kappa shape index (κ2) is 3.87. The molecule has 17 heavy (non-hydrogen) atoms. The number of carbonyl (C=O) groups is 1. The van der Waals surface area contributed by atoms with Gasteiger partial charge in [-0.15, -0.1) is 0 Å². The van der Waals surface area contributed by atoms with Crippen molar-refractivity contribution in [3.8, 4) is 0 Å². The Morgan fingerprint density at radius 3 is 2.59 bits per heavy atom. The summed E-state index contributed by atoms with van der Waals surface area (Å²) in [6.07, 6.45) is -3.27. The number of pyridine rings is 1. The van der Waals surface area contributed by atoms with Gasteiger partial charge in [-0.25, -0.2) is 4.98 Å². The van der Waals surface area contributed by atoms with Crippen molar-refractivity contribution < 1.29 is 18.0 Å². The SMILES string of the molecule is O=C(NC1(C(F)(F)F)CC1)c1cccnc1Cl. The van der Waals surface area contributed by atoms with Crippen molar-refractivity contribution in [3.63, 3.8) is 0 Å². The van der Waals surface area contributed by atoms with Crippen LogP contribution in [0.1, 0.15) is 23.2 Å². The molecule has 0 aromatic carbocycles. The Labute approximate surface area is 100.0 Å². The van der Waals surface area contributed by atoms with E-state index < -0.39 is 17.6 Å². The van der Waals surface area contributed by atoms with Gasteiger partial charge in [0, 0.05) is 6.20 Å². The Hall–Kier alpha value is -1.30. The quantitative estimate of drug-likeness (QED) is 0.834. The molecule has 0 radical (unpaired) electrons. The van der Waals surface area contributed by atoms with Gasteiger partial charge in [-0.1, -0.05) is 11.6 Å². The van der Waals surface area contributed by atoms with E-state index in [1.165, 1.54) is 18.3 Å². The van der Waals surface area contributed by atoms with Crippen LogP contribution in [0.5, 0.6) is 0 Å². The molecule has 1 saturated carbocycles. The third kappa shape index (κ3) is 2.22. The second-order valence-electron chi connectivity index (χ2n) is 3.88. The second-order valence-corrected chi connectivity index (χ2v) is 4.23. The molecule has 0 spiro atoms. The molecule has 1 aromatic rings. The maximum Gasteiger partial charge on any atom is 0.411 e. The Bertz CT molecular complexity index is 457. The van der Waals surface area contributed by atoms with Crippen LogP contribution in [-0.4, -0.2) is 22.6 Å². The van der Waals surface area contributed by atoms with Crippen LogP contribution in [0.25, 0.3) is 0 Å². The average molecular weight is 265 g/mol. The number of alkyl halides is 3. The lowest BCUT2D eigenvalue weighted by Gasteiger charge is -2.20. The van der Waals surface area contributed by atoms with Gasteiger partial charge in [-0.05, 0) is 25.0 Å². The van der Waals surface area contributed by atoms with Crippen LogP contribution < -0.4 is 5.32 Å². The standard InChI is InChI=1S/C10H8ClF3N2O/c11-7-6(2-1-5-15-7)8(17)16-9(3-4-9)10(12,13)14/h1-2,5H,3-4H2,(H,16,17). The minimum Gasteiger partial charge on any atom is -0.338 e. The van der Waals surface area contributed by atoms with E-state index in [1.807, 2.05) is 5.32 Å². The van der Waals surface area contributed by atoms with E-state index in [4.69, 9.17) is 11.6 Å². The highest BCUT2D eigenvalue weighted by atomic mass is 35.5. The molecule has 1 amide bonds. The Kier molecular flexibility index (Phi) is 2.77. The Morgan fingerprint density at radius 2 is 2.12 bits per heavy atom. The first-order chi connectivity index (χ1) is 7.86. The van der Waals surface area contributed by atoms with Gasteiger partial charge >= 0.3 is 6.18 Å². The molecule has 92 valence electrons. The summed E-state index contributed by atoms with van der Waals surface area (Å²) in [5, 5.41) is 1.87. The lowest BCUT2D eigenvalue weighted by Crippen LogP contribution is -2.47. The number of hydrogen-bond donors (Lipinski definition) is 1. The maximum atomic E-state index is 12.6. The number of nitrogens with one attached hydrogen (secondary N) is 1. The van der Waals surface area contributed by atoms with Crippen molar-refractivity contribution in [2.45, 2.75) is 24.6 Å². The van der Waals surface area contributed by atoms with Gasteiger partial charge in [0.15, 0.2) is 0 Å². The van der Waals surface area contributed by atoms with Crippen LogP contribution in [0.4, 0.5) is 13.2 Å². The maximum absolute atomic E-state index is 12.6. The number of rotatable bonds is 2. The molecular weight excluding hydrogens is 257 g/mol. The molecule has 7 heteroatoms. The number of amides is 1. The molecule has 2 rings (SSSR count). The molecule has 1 heterocycles. The monoisotopic (exact) mass is 264 g/mol. The van der Waals surface area contributed by atoms with Gasteiger partial charge in [-0.2, -0.15) is 13.2 Å². The first-order valence-corrected chi connectivity index (χ1v) is 5.23. The fourth-order valence-electron chi connectivity index (χ4n) is 1.44. The number of nitrogens with zero attached hydrogens (tertiary/aromatic N) is 1. The predicted octanol–water partition coefficient (Wildman–Crippen LogP) is 2.56. The minimum absolute atomic E-state index is 0.0512. The number of aromatic nitrogens is 1.